The molecule has 0 aliphatic carbocycles. The van der Waals surface area contributed by atoms with Gasteiger partial charge in [-0.05, 0) is 48.1 Å². The number of nitrogens with one attached hydrogen (secondary N) is 2. The van der Waals surface area contributed by atoms with Crippen LogP contribution in [0.4, 0.5) is 5.95 Å². The van der Waals surface area contributed by atoms with Gasteiger partial charge in [0.05, 0.1) is 18.6 Å². The average molecular weight is 553 g/mol. The number of benzene rings is 2. The van der Waals surface area contributed by atoms with Crippen molar-refractivity contribution in [3.05, 3.63) is 102 Å². The minimum atomic E-state index is -0.633. The molecule has 10 nitrogen and oxygen atoms in total. The Morgan fingerprint density at radius 2 is 1.59 bits per heavy atom. The van der Waals surface area contributed by atoms with Gasteiger partial charge >= 0.3 is 0 Å². The molecule has 0 spiro atoms. The van der Waals surface area contributed by atoms with E-state index in [1.54, 1.807) is 11.7 Å². The predicted molar refractivity (Wildman–Crippen MR) is 153 cm³/mol. The highest BCUT2D eigenvalue weighted by Crippen LogP contribution is 2.25. The molecule has 10 heteroatoms. The molecule has 2 aromatic carbocycles. The van der Waals surface area contributed by atoms with Gasteiger partial charge < -0.3 is 15.0 Å². The molecule has 4 aromatic rings. The Morgan fingerprint density at radius 1 is 0.878 bits per heavy atom. The van der Waals surface area contributed by atoms with E-state index < -0.39 is 5.91 Å². The minimum absolute atomic E-state index is 0.0574. The lowest BCUT2D eigenvalue weighted by atomic mass is 9.98. The average Bonchev–Trinajstić information content (AvgIpc) is 3.04. The maximum absolute atomic E-state index is 12.3. The molecule has 0 unspecified atom stereocenters. The van der Waals surface area contributed by atoms with E-state index in [2.05, 4.69) is 25.2 Å². The van der Waals surface area contributed by atoms with Crippen molar-refractivity contribution in [3.63, 3.8) is 0 Å². The molecular formula is C31H32N6O4. The third-order valence-electron chi connectivity index (χ3n) is 7.07. The fourth-order valence-corrected chi connectivity index (χ4v) is 4.65. The number of carbonyl (C=O) groups excluding carboxylic acids is 2. The Bertz CT molecular complexity index is 1420. The molecule has 41 heavy (non-hydrogen) atoms. The van der Waals surface area contributed by atoms with Crippen LogP contribution in [0.5, 0.6) is 5.75 Å². The molecular weight excluding hydrogens is 520 g/mol. The normalized spacial score (nSPS) is 13.4. The van der Waals surface area contributed by atoms with Crippen molar-refractivity contribution in [2.45, 2.75) is 25.8 Å². The van der Waals surface area contributed by atoms with Crippen LogP contribution in [0, 0.1) is 5.92 Å². The Hall–Kier alpha value is -4.83. The zero-order chi connectivity index (χ0) is 28.4. The summed E-state index contributed by atoms with van der Waals surface area (Å²) >= 11 is 0. The van der Waals surface area contributed by atoms with Crippen molar-refractivity contribution in [1.29, 1.82) is 0 Å². The second-order valence-electron chi connectivity index (χ2n) is 9.96. The summed E-state index contributed by atoms with van der Waals surface area (Å²) in [5.74, 6) is 1.12. The summed E-state index contributed by atoms with van der Waals surface area (Å²) in [5, 5.41) is 11.6. The lowest BCUT2D eigenvalue weighted by Crippen LogP contribution is -2.36. The van der Waals surface area contributed by atoms with Gasteiger partial charge in [-0.15, -0.1) is 0 Å². The largest absolute Gasteiger partial charge is 0.493 e. The van der Waals surface area contributed by atoms with E-state index in [9.17, 15) is 9.59 Å². The summed E-state index contributed by atoms with van der Waals surface area (Å²) in [6.45, 7) is 2.74. The standard InChI is InChI=1S/C31H32N6O4/c38-29(33-17-22-4-2-1-3-5-22)16-27-9-6-25(18-32-27)24-7-10-28(11-8-24)41-21-23-12-14-37(15-13-23)31-34-19-26(20-35-31)30(39)36-40/h1-11,18-20,23,40H,12-17,21H2,(H,33,38)(H,36,39). The Balaban J connectivity index is 1.05. The summed E-state index contributed by atoms with van der Waals surface area (Å²) in [7, 11) is 0. The van der Waals surface area contributed by atoms with Crippen LogP contribution in [-0.2, 0) is 17.8 Å². The monoisotopic (exact) mass is 552 g/mol. The van der Waals surface area contributed by atoms with Gasteiger partial charge in [0.25, 0.3) is 5.91 Å². The van der Waals surface area contributed by atoms with E-state index in [1.165, 1.54) is 12.4 Å². The van der Waals surface area contributed by atoms with Crippen molar-refractivity contribution in [1.82, 2.24) is 25.7 Å². The van der Waals surface area contributed by atoms with Gasteiger partial charge in [-0.1, -0.05) is 48.5 Å². The van der Waals surface area contributed by atoms with Gasteiger partial charge in [-0.3, -0.25) is 19.8 Å². The number of hydrogen-bond donors (Lipinski definition) is 3. The highest BCUT2D eigenvalue weighted by Gasteiger charge is 2.22. The molecule has 3 heterocycles. The van der Waals surface area contributed by atoms with E-state index in [0.717, 1.165) is 54.1 Å². The molecule has 5 rings (SSSR count). The summed E-state index contributed by atoms with van der Waals surface area (Å²) in [5.41, 5.74) is 5.58. The molecule has 1 aliphatic rings. The number of carbonyl (C=O) groups is 2. The van der Waals surface area contributed by atoms with Crippen molar-refractivity contribution in [2.75, 3.05) is 24.6 Å². The summed E-state index contributed by atoms with van der Waals surface area (Å²) in [6.07, 6.45) is 6.74. The number of ether oxygens (including phenoxy) is 1. The van der Waals surface area contributed by atoms with Gasteiger partial charge in [0.1, 0.15) is 5.75 Å². The Kier molecular flexibility index (Phi) is 9.12. The minimum Gasteiger partial charge on any atom is -0.493 e. The van der Waals surface area contributed by atoms with Crippen LogP contribution in [0.25, 0.3) is 11.1 Å². The molecule has 1 fully saturated rings. The van der Waals surface area contributed by atoms with Crippen LogP contribution in [0.3, 0.4) is 0 Å². The SMILES string of the molecule is O=C(Cc1ccc(-c2ccc(OCC3CCN(c4ncc(C(=O)NO)cn4)CC3)cc2)cn1)NCc1ccccc1. The fraction of sp³-hybridized carbons (Fsp3) is 0.258. The molecule has 3 N–H and O–H groups in total. The molecule has 0 bridgehead atoms. The molecule has 0 atom stereocenters. The molecule has 2 aromatic heterocycles. The Labute approximate surface area is 238 Å². The highest BCUT2D eigenvalue weighted by atomic mass is 16.5. The maximum atomic E-state index is 12.3. The number of amides is 2. The topological polar surface area (TPSA) is 130 Å². The van der Waals surface area contributed by atoms with Crippen molar-refractivity contribution in [3.8, 4) is 16.9 Å². The first-order valence-electron chi connectivity index (χ1n) is 13.6. The second kappa shape index (κ2) is 13.5. The molecule has 0 radical (unpaired) electrons. The number of aromatic nitrogens is 3. The Morgan fingerprint density at radius 3 is 2.24 bits per heavy atom. The van der Waals surface area contributed by atoms with E-state index in [0.29, 0.717) is 25.0 Å². The first-order valence-corrected chi connectivity index (χ1v) is 13.6. The van der Waals surface area contributed by atoms with E-state index in [4.69, 9.17) is 9.94 Å². The van der Waals surface area contributed by atoms with Crippen LogP contribution >= 0.6 is 0 Å². The van der Waals surface area contributed by atoms with Crippen LogP contribution in [0.2, 0.25) is 0 Å². The van der Waals surface area contributed by atoms with Gasteiger partial charge in [0, 0.05) is 49.5 Å². The quantitative estimate of drug-likeness (QED) is 0.200. The smallest absolute Gasteiger partial charge is 0.277 e. The number of piperidine rings is 1. The second-order valence-corrected chi connectivity index (χ2v) is 9.96. The number of anilines is 1. The van der Waals surface area contributed by atoms with Crippen LogP contribution in [0.15, 0.2) is 85.3 Å². The molecule has 210 valence electrons. The van der Waals surface area contributed by atoms with E-state index in [1.807, 2.05) is 66.7 Å². The van der Waals surface area contributed by atoms with Crippen LogP contribution < -0.4 is 20.4 Å². The van der Waals surface area contributed by atoms with Crippen LogP contribution in [-0.4, -0.2) is 51.7 Å². The number of rotatable bonds is 10. The van der Waals surface area contributed by atoms with Gasteiger partial charge in [0.15, 0.2) is 0 Å². The van der Waals surface area contributed by atoms with Gasteiger partial charge in [-0.2, -0.15) is 0 Å². The number of hydroxylamine groups is 1. The number of pyridine rings is 1. The molecule has 1 aliphatic heterocycles. The molecule has 2 amide bonds. The maximum Gasteiger partial charge on any atom is 0.277 e. The number of hydrogen-bond acceptors (Lipinski definition) is 8. The molecule has 0 saturated carbocycles. The first-order chi connectivity index (χ1) is 20.1. The fourth-order valence-electron chi connectivity index (χ4n) is 4.65. The highest BCUT2D eigenvalue weighted by molar-refractivity contribution is 5.92. The summed E-state index contributed by atoms with van der Waals surface area (Å²) in [6, 6.07) is 21.7. The predicted octanol–water partition coefficient (Wildman–Crippen LogP) is 3.81. The summed E-state index contributed by atoms with van der Waals surface area (Å²) in [4.78, 5) is 38.8. The van der Waals surface area contributed by atoms with Crippen molar-refractivity contribution >= 4 is 17.8 Å². The van der Waals surface area contributed by atoms with Gasteiger partial charge in [-0.25, -0.2) is 15.4 Å². The zero-order valence-electron chi connectivity index (χ0n) is 22.6. The van der Waals surface area contributed by atoms with Crippen molar-refractivity contribution in [2.24, 2.45) is 5.92 Å². The third kappa shape index (κ3) is 7.64. The van der Waals surface area contributed by atoms with Gasteiger partial charge in [0.2, 0.25) is 11.9 Å². The number of nitrogens with zero attached hydrogens (tertiary/aromatic N) is 4. The zero-order valence-corrected chi connectivity index (χ0v) is 22.6. The van der Waals surface area contributed by atoms with Crippen LogP contribution in [0.1, 0.15) is 34.5 Å². The van der Waals surface area contributed by atoms with E-state index >= 15 is 0 Å². The lowest BCUT2D eigenvalue weighted by Gasteiger charge is -2.31. The lowest BCUT2D eigenvalue weighted by molar-refractivity contribution is -0.120. The molecule has 1 saturated heterocycles. The first kappa shape index (κ1) is 27.7. The van der Waals surface area contributed by atoms with E-state index in [-0.39, 0.29) is 17.9 Å². The third-order valence-corrected chi connectivity index (χ3v) is 7.07. The van der Waals surface area contributed by atoms with Crippen molar-refractivity contribution < 1.29 is 19.5 Å². The summed E-state index contributed by atoms with van der Waals surface area (Å²) < 4.78 is 6.07.